The number of anilines is 1. The van der Waals surface area contributed by atoms with Gasteiger partial charge in [-0.15, -0.1) is 0 Å². The number of hydrogen-bond acceptors (Lipinski definition) is 10. The van der Waals surface area contributed by atoms with E-state index in [1.54, 1.807) is 26.8 Å². The van der Waals surface area contributed by atoms with E-state index in [9.17, 15) is 40.4 Å². The van der Waals surface area contributed by atoms with Crippen molar-refractivity contribution in [1.29, 1.82) is 5.26 Å². The minimum absolute atomic E-state index is 0.130. The molecule has 0 radical (unpaired) electrons. The fourth-order valence-electron chi connectivity index (χ4n) is 7.17. The Morgan fingerprint density at radius 2 is 1.71 bits per heavy atom. The predicted molar refractivity (Wildman–Crippen MR) is 187 cm³/mol. The molecule has 1 aliphatic rings. The molecule has 2 amide bonds. The molecule has 0 spiro atoms. The van der Waals surface area contributed by atoms with Gasteiger partial charge in [-0.05, 0) is 64.3 Å². The number of esters is 1. The first-order valence-corrected chi connectivity index (χ1v) is 17.3. The third-order valence-electron chi connectivity index (χ3n) is 10.2. The fraction of sp³-hybridized carbons (Fsp3) is 0.649. The number of fused-ring (bicyclic) bond motifs is 1. The summed E-state index contributed by atoms with van der Waals surface area (Å²) in [5.74, 6) is -2.99. The van der Waals surface area contributed by atoms with E-state index in [2.05, 4.69) is 11.4 Å². The number of ether oxygens (including phenoxy) is 1. The number of aliphatic hydroxyl groups excluding tert-OH is 3. The number of hydrogen-bond donors (Lipinski definition) is 6. The van der Waals surface area contributed by atoms with Gasteiger partial charge in [0.2, 0.25) is 0 Å². The van der Waals surface area contributed by atoms with Gasteiger partial charge in [0.15, 0.2) is 0 Å². The topological polar surface area (TPSA) is 187 Å². The van der Waals surface area contributed by atoms with Crippen molar-refractivity contribution >= 4 is 28.5 Å². The van der Waals surface area contributed by atoms with Crippen LogP contribution in [0.15, 0.2) is 42.5 Å². The molecule has 272 valence electrons. The highest BCUT2D eigenvalue weighted by atomic mass is 16.6. The smallest absolute Gasteiger partial charge is 0.322 e. The van der Waals surface area contributed by atoms with E-state index in [0.717, 1.165) is 10.8 Å². The standard InChI is InChI=1S/C37H56N4O8/c1-8-30-37(7,48)33(44)26(5)41(22-23(2)21-36(6,47)32(43)24(3)31(42)25(4)34(45)49-30)19-12-18-40(20-17-38)35(46)39-29-16-11-14-27-13-9-10-15-28(27)29/h9-11,13-16,23-26,30-33,42-44,47-48H,8,12,18-22H2,1-7H3,(H,39,46)/t23-,24+,25-,26-,30-,31+,32-,33-,36-,37-/m1/s1. The SMILES string of the molecule is CC[C@H]1OC(=O)[C@H](C)[C@@H](O)[C@H](C)[C@@H](O)[C@](C)(O)C[C@@H](C)CN(CCCN(CC#N)C(=O)Nc2cccc3ccccc23)[C@H](C)[C@@H](O)[C@]1(C)O. The summed E-state index contributed by atoms with van der Waals surface area (Å²) in [5, 5.41) is 71.1. The molecule has 6 N–H and O–H groups in total. The number of rotatable bonds is 7. The lowest BCUT2D eigenvalue weighted by molar-refractivity contribution is -0.193. The summed E-state index contributed by atoms with van der Waals surface area (Å²) in [4.78, 5) is 29.9. The Morgan fingerprint density at radius 3 is 2.37 bits per heavy atom. The van der Waals surface area contributed by atoms with Gasteiger partial charge in [-0.3, -0.25) is 9.69 Å². The van der Waals surface area contributed by atoms with Gasteiger partial charge in [-0.25, -0.2) is 4.79 Å². The highest BCUT2D eigenvalue weighted by molar-refractivity contribution is 6.01. The summed E-state index contributed by atoms with van der Waals surface area (Å²) in [6, 6.07) is 14.2. The summed E-state index contributed by atoms with van der Waals surface area (Å²) in [5.41, 5.74) is -2.88. The second-order valence-corrected chi connectivity index (χ2v) is 14.4. The fourth-order valence-corrected chi connectivity index (χ4v) is 7.17. The largest absolute Gasteiger partial charge is 0.459 e. The zero-order valence-electron chi connectivity index (χ0n) is 29.9. The van der Waals surface area contributed by atoms with Crippen molar-refractivity contribution in [2.75, 3.05) is 31.5 Å². The van der Waals surface area contributed by atoms with Crippen LogP contribution in [0.25, 0.3) is 10.8 Å². The second kappa shape index (κ2) is 17.1. The van der Waals surface area contributed by atoms with Crippen molar-refractivity contribution < 1.29 is 39.9 Å². The van der Waals surface area contributed by atoms with Crippen LogP contribution in [0.2, 0.25) is 0 Å². The molecule has 1 aliphatic heterocycles. The Morgan fingerprint density at radius 1 is 1.06 bits per heavy atom. The van der Waals surface area contributed by atoms with Crippen LogP contribution >= 0.6 is 0 Å². The highest BCUT2D eigenvalue weighted by Gasteiger charge is 2.47. The molecule has 12 nitrogen and oxygen atoms in total. The number of nitrogens with zero attached hydrogens (tertiary/aromatic N) is 3. The molecule has 0 unspecified atom stereocenters. The molecule has 0 aromatic heterocycles. The monoisotopic (exact) mass is 684 g/mol. The Hall–Kier alpha value is -3.31. The molecule has 10 atom stereocenters. The predicted octanol–water partition coefficient (Wildman–Crippen LogP) is 3.50. The highest BCUT2D eigenvalue weighted by Crippen LogP contribution is 2.33. The number of benzene rings is 2. The maximum Gasteiger partial charge on any atom is 0.322 e. The van der Waals surface area contributed by atoms with Gasteiger partial charge in [0.05, 0.1) is 35.5 Å². The van der Waals surface area contributed by atoms with Crippen LogP contribution < -0.4 is 5.32 Å². The first kappa shape index (κ1) is 40.1. The van der Waals surface area contributed by atoms with E-state index >= 15 is 0 Å². The van der Waals surface area contributed by atoms with Crippen molar-refractivity contribution in [1.82, 2.24) is 9.80 Å². The molecule has 2 aromatic carbocycles. The number of cyclic esters (lactones) is 1. The molecule has 1 saturated heterocycles. The van der Waals surface area contributed by atoms with Gasteiger partial charge in [0.1, 0.15) is 24.4 Å². The lowest BCUT2D eigenvalue weighted by atomic mass is 9.78. The van der Waals surface area contributed by atoms with E-state index < -0.39 is 65.5 Å². The average molecular weight is 685 g/mol. The van der Waals surface area contributed by atoms with Crippen LogP contribution in [0, 0.1) is 29.1 Å². The Kier molecular flexibility index (Phi) is 14.0. The normalized spacial score (nSPS) is 33.9. The number of carbonyl (C=O) groups excluding carboxylic acids is 2. The first-order valence-electron chi connectivity index (χ1n) is 17.3. The average Bonchev–Trinajstić information content (AvgIpc) is 3.06. The molecule has 1 fully saturated rings. The van der Waals surface area contributed by atoms with Crippen LogP contribution in [-0.2, 0) is 9.53 Å². The Balaban J connectivity index is 1.86. The number of carbonyl (C=O) groups is 2. The molecule has 12 heteroatoms. The zero-order valence-corrected chi connectivity index (χ0v) is 29.9. The number of nitriles is 1. The molecule has 3 rings (SSSR count). The van der Waals surface area contributed by atoms with Crippen molar-refractivity contribution in [3.8, 4) is 6.07 Å². The Bertz CT molecular complexity index is 1440. The van der Waals surface area contributed by atoms with Gasteiger partial charge in [-0.2, -0.15) is 5.26 Å². The second-order valence-electron chi connectivity index (χ2n) is 14.4. The summed E-state index contributed by atoms with van der Waals surface area (Å²) in [7, 11) is 0. The van der Waals surface area contributed by atoms with Gasteiger partial charge in [0.25, 0.3) is 0 Å². The summed E-state index contributed by atoms with van der Waals surface area (Å²) >= 11 is 0. The number of urea groups is 1. The molecule has 1 heterocycles. The molecule has 0 aliphatic carbocycles. The van der Waals surface area contributed by atoms with Crippen molar-refractivity contribution in [2.45, 2.75) is 109 Å². The van der Waals surface area contributed by atoms with Crippen molar-refractivity contribution in [3.05, 3.63) is 42.5 Å². The minimum atomic E-state index is -1.88. The summed E-state index contributed by atoms with van der Waals surface area (Å²) < 4.78 is 5.67. The van der Waals surface area contributed by atoms with Gasteiger partial charge in [0, 0.05) is 37.0 Å². The van der Waals surface area contributed by atoms with Crippen LogP contribution in [0.1, 0.15) is 67.7 Å². The first-order chi connectivity index (χ1) is 23.0. The third-order valence-corrected chi connectivity index (χ3v) is 10.2. The van der Waals surface area contributed by atoms with Crippen LogP contribution in [0.4, 0.5) is 10.5 Å². The Labute approximate surface area is 290 Å². The number of nitrogens with one attached hydrogen (secondary N) is 1. The van der Waals surface area contributed by atoms with Gasteiger partial charge >= 0.3 is 12.0 Å². The van der Waals surface area contributed by atoms with E-state index in [4.69, 9.17) is 4.74 Å². The minimum Gasteiger partial charge on any atom is -0.459 e. The van der Waals surface area contributed by atoms with E-state index in [1.165, 1.54) is 25.7 Å². The molecule has 2 aromatic rings. The summed E-state index contributed by atoms with van der Waals surface area (Å²) in [6.45, 7) is 12.0. The van der Waals surface area contributed by atoms with Crippen molar-refractivity contribution in [2.24, 2.45) is 17.8 Å². The third kappa shape index (κ3) is 9.69. The molecule has 0 bridgehead atoms. The summed E-state index contributed by atoms with van der Waals surface area (Å²) in [6.07, 6.45) is -4.49. The van der Waals surface area contributed by atoms with E-state index in [1.807, 2.05) is 48.2 Å². The molecule has 49 heavy (non-hydrogen) atoms. The zero-order chi connectivity index (χ0) is 36.7. The van der Waals surface area contributed by atoms with E-state index in [0.29, 0.717) is 25.2 Å². The molecular formula is C37H56N4O8. The van der Waals surface area contributed by atoms with Crippen molar-refractivity contribution in [3.63, 3.8) is 0 Å². The maximum atomic E-state index is 13.4. The van der Waals surface area contributed by atoms with Gasteiger partial charge < -0.3 is 40.5 Å². The lowest BCUT2D eigenvalue weighted by Crippen LogP contribution is -2.59. The molecule has 0 saturated carbocycles. The van der Waals surface area contributed by atoms with Gasteiger partial charge in [-0.1, -0.05) is 57.2 Å². The number of amides is 2. The van der Waals surface area contributed by atoms with E-state index in [-0.39, 0.29) is 31.8 Å². The maximum absolute atomic E-state index is 13.4. The molecular weight excluding hydrogens is 628 g/mol. The van der Waals surface area contributed by atoms with Crippen LogP contribution in [0.5, 0.6) is 0 Å². The number of aliphatic hydroxyl groups is 5. The van der Waals surface area contributed by atoms with Crippen LogP contribution in [0.3, 0.4) is 0 Å². The lowest BCUT2D eigenvalue weighted by Gasteiger charge is -2.43. The van der Waals surface area contributed by atoms with Crippen LogP contribution in [-0.4, -0.2) is 115 Å². The quantitative estimate of drug-likeness (QED) is 0.186.